The van der Waals surface area contributed by atoms with Crippen molar-refractivity contribution < 1.29 is 4.74 Å². The molecule has 1 aliphatic rings. The summed E-state index contributed by atoms with van der Waals surface area (Å²) in [4.78, 5) is 2.53. The predicted octanol–water partition coefficient (Wildman–Crippen LogP) is 1.75. The van der Waals surface area contributed by atoms with Crippen LogP contribution in [0.4, 0.5) is 0 Å². The van der Waals surface area contributed by atoms with Crippen molar-refractivity contribution in [2.24, 2.45) is 5.92 Å². The van der Waals surface area contributed by atoms with Crippen LogP contribution in [-0.4, -0.2) is 37.2 Å². The number of hydrogen-bond donors (Lipinski definition) is 0. The Hall–Kier alpha value is -0.0800. The first-order valence-electron chi connectivity index (χ1n) is 5.02. The topological polar surface area (TPSA) is 12.5 Å². The van der Waals surface area contributed by atoms with Crippen molar-refractivity contribution in [3.8, 4) is 0 Å². The summed E-state index contributed by atoms with van der Waals surface area (Å²) in [7, 11) is 0. The molecular formula is C10H21NO. The van der Waals surface area contributed by atoms with Gasteiger partial charge in [-0.2, -0.15) is 0 Å². The van der Waals surface area contributed by atoms with E-state index < -0.39 is 0 Å². The molecule has 1 atom stereocenters. The third-order valence-electron chi connectivity index (χ3n) is 2.48. The van der Waals surface area contributed by atoms with Crippen molar-refractivity contribution in [1.29, 1.82) is 0 Å². The molecule has 0 aromatic rings. The summed E-state index contributed by atoms with van der Waals surface area (Å²) >= 11 is 0. The normalized spacial score (nSPS) is 23.0. The number of rotatable bonds is 3. The van der Waals surface area contributed by atoms with E-state index in [9.17, 15) is 0 Å². The van der Waals surface area contributed by atoms with Gasteiger partial charge in [-0.15, -0.1) is 0 Å². The first kappa shape index (κ1) is 10.0. The largest absolute Gasteiger partial charge is 0.379 e. The van der Waals surface area contributed by atoms with Gasteiger partial charge in [-0.1, -0.05) is 13.8 Å². The lowest BCUT2D eigenvalue weighted by atomic mass is 10.0. The highest BCUT2D eigenvalue weighted by Crippen LogP contribution is 2.12. The zero-order valence-electron chi connectivity index (χ0n) is 8.55. The van der Waals surface area contributed by atoms with Crippen molar-refractivity contribution in [3.05, 3.63) is 0 Å². The minimum absolute atomic E-state index is 0.730. The molecule has 0 amide bonds. The van der Waals surface area contributed by atoms with E-state index in [0.717, 1.165) is 38.3 Å². The van der Waals surface area contributed by atoms with E-state index in [1.807, 2.05) is 0 Å². The molecular weight excluding hydrogens is 150 g/mol. The standard InChI is InChI=1S/C10H21NO/c1-9(2)8-10(3)11-4-6-12-7-5-11/h9-10H,4-8H2,1-3H3/t10-/m0/s1. The number of hydrogen-bond acceptors (Lipinski definition) is 2. The van der Waals surface area contributed by atoms with Gasteiger partial charge < -0.3 is 4.74 Å². The molecule has 0 radical (unpaired) electrons. The van der Waals surface area contributed by atoms with Gasteiger partial charge in [0.15, 0.2) is 0 Å². The fraction of sp³-hybridized carbons (Fsp3) is 1.00. The van der Waals surface area contributed by atoms with Gasteiger partial charge in [0.05, 0.1) is 13.2 Å². The second-order valence-corrected chi connectivity index (χ2v) is 4.13. The molecule has 1 aliphatic heterocycles. The van der Waals surface area contributed by atoms with Crippen LogP contribution in [0.2, 0.25) is 0 Å². The number of morpholine rings is 1. The lowest BCUT2D eigenvalue weighted by molar-refractivity contribution is 0.0163. The van der Waals surface area contributed by atoms with Gasteiger partial charge in [-0.05, 0) is 19.3 Å². The molecule has 0 aliphatic carbocycles. The lowest BCUT2D eigenvalue weighted by Crippen LogP contribution is -2.42. The van der Waals surface area contributed by atoms with Crippen molar-refractivity contribution >= 4 is 0 Å². The molecule has 0 spiro atoms. The zero-order chi connectivity index (χ0) is 8.97. The van der Waals surface area contributed by atoms with Crippen molar-refractivity contribution in [2.75, 3.05) is 26.3 Å². The minimum atomic E-state index is 0.730. The Morgan fingerprint density at radius 1 is 1.17 bits per heavy atom. The van der Waals surface area contributed by atoms with E-state index in [-0.39, 0.29) is 0 Å². The summed E-state index contributed by atoms with van der Waals surface area (Å²) in [6.07, 6.45) is 1.31. The van der Waals surface area contributed by atoms with E-state index in [0.29, 0.717) is 0 Å². The van der Waals surface area contributed by atoms with Crippen LogP contribution in [0.15, 0.2) is 0 Å². The van der Waals surface area contributed by atoms with Gasteiger partial charge >= 0.3 is 0 Å². The molecule has 1 saturated heterocycles. The van der Waals surface area contributed by atoms with E-state index in [1.54, 1.807) is 0 Å². The highest BCUT2D eigenvalue weighted by molar-refractivity contribution is 4.70. The van der Waals surface area contributed by atoms with Gasteiger partial charge in [0, 0.05) is 19.1 Å². The molecule has 0 unspecified atom stereocenters. The van der Waals surface area contributed by atoms with Crippen LogP contribution >= 0.6 is 0 Å². The Bertz CT molecular complexity index is 119. The smallest absolute Gasteiger partial charge is 0.0594 e. The maximum absolute atomic E-state index is 5.31. The highest BCUT2D eigenvalue weighted by Gasteiger charge is 2.17. The molecule has 0 aromatic carbocycles. The average molecular weight is 171 g/mol. The first-order valence-corrected chi connectivity index (χ1v) is 5.02. The summed E-state index contributed by atoms with van der Waals surface area (Å²) < 4.78 is 5.31. The summed E-state index contributed by atoms with van der Waals surface area (Å²) in [5.74, 6) is 0.808. The molecule has 1 fully saturated rings. The SMILES string of the molecule is CC(C)C[C@H](C)N1CCOCC1. The molecule has 0 bridgehead atoms. The van der Waals surface area contributed by atoms with Gasteiger partial charge in [0.2, 0.25) is 0 Å². The molecule has 0 N–H and O–H groups in total. The van der Waals surface area contributed by atoms with Crippen LogP contribution in [-0.2, 0) is 4.74 Å². The molecule has 2 nitrogen and oxygen atoms in total. The number of nitrogens with zero attached hydrogens (tertiary/aromatic N) is 1. The second-order valence-electron chi connectivity index (χ2n) is 4.13. The average Bonchev–Trinajstić information content (AvgIpc) is 2.05. The molecule has 1 heterocycles. The van der Waals surface area contributed by atoms with Gasteiger partial charge in [0.1, 0.15) is 0 Å². The van der Waals surface area contributed by atoms with Crippen molar-refractivity contribution in [1.82, 2.24) is 4.90 Å². The van der Waals surface area contributed by atoms with Crippen LogP contribution in [0.25, 0.3) is 0 Å². The first-order chi connectivity index (χ1) is 5.70. The van der Waals surface area contributed by atoms with Gasteiger partial charge in [-0.3, -0.25) is 4.90 Å². The van der Waals surface area contributed by atoms with Gasteiger partial charge in [0.25, 0.3) is 0 Å². The second kappa shape index (κ2) is 4.83. The van der Waals surface area contributed by atoms with E-state index in [4.69, 9.17) is 4.74 Å². The Kier molecular flexibility index (Phi) is 4.02. The van der Waals surface area contributed by atoms with Crippen LogP contribution in [0.3, 0.4) is 0 Å². The molecule has 2 heteroatoms. The molecule has 72 valence electrons. The molecule has 0 saturated carbocycles. The van der Waals surface area contributed by atoms with E-state index >= 15 is 0 Å². The van der Waals surface area contributed by atoms with E-state index in [2.05, 4.69) is 25.7 Å². The Labute approximate surface area is 75.9 Å². The third kappa shape index (κ3) is 3.11. The Balaban J connectivity index is 2.24. The highest BCUT2D eigenvalue weighted by atomic mass is 16.5. The lowest BCUT2D eigenvalue weighted by Gasteiger charge is -2.33. The van der Waals surface area contributed by atoms with E-state index in [1.165, 1.54) is 6.42 Å². The third-order valence-corrected chi connectivity index (χ3v) is 2.48. The fourth-order valence-corrected chi connectivity index (χ4v) is 1.85. The van der Waals surface area contributed by atoms with Crippen molar-refractivity contribution in [2.45, 2.75) is 33.2 Å². The fourth-order valence-electron chi connectivity index (χ4n) is 1.85. The molecule has 12 heavy (non-hydrogen) atoms. The van der Waals surface area contributed by atoms with Gasteiger partial charge in [-0.25, -0.2) is 0 Å². The van der Waals surface area contributed by atoms with Crippen LogP contribution in [0.1, 0.15) is 27.2 Å². The monoisotopic (exact) mass is 171 g/mol. The minimum Gasteiger partial charge on any atom is -0.379 e. The Morgan fingerprint density at radius 3 is 2.25 bits per heavy atom. The van der Waals surface area contributed by atoms with Crippen LogP contribution in [0, 0.1) is 5.92 Å². The van der Waals surface area contributed by atoms with Crippen LogP contribution in [0.5, 0.6) is 0 Å². The summed E-state index contributed by atoms with van der Waals surface area (Å²) in [6, 6.07) is 0.730. The molecule has 1 rings (SSSR count). The number of ether oxygens (including phenoxy) is 1. The summed E-state index contributed by atoms with van der Waals surface area (Å²) in [6.45, 7) is 11.0. The summed E-state index contributed by atoms with van der Waals surface area (Å²) in [5, 5.41) is 0. The maximum Gasteiger partial charge on any atom is 0.0594 e. The summed E-state index contributed by atoms with van der Waals surface area (Å²) in [5.41, 5.74) is 0. The zero-order valence-corrected chi connectivity index (χ0v) is 8.55. The van der Waals surface area contributed by atoms with Crippen molar-refractivity contribution in [3.63, 3.8) is 0 Å². The predicted molar refractivity (Wildman–Crippen MR) is 51.3 cm³/mol. The Morgan fingerprint density at radius 2 is 1.75 bits per heavy atom. The molecule has 0 aromatic heterocycles. The quantitative estimate of drug-likeness (QED) is 0.641. The van der Waals surface area contributed by atoms with Crippen LogP contribution < -0.4 is 0 Å². The maximum atomic E-state index is 5.31.